The average Bonchev–Trinajstić information content (AvgIpc) is 2.39. The second kappa shape index (κ2) is 4.53. The van der Waals surface area contributed by atoms with E-state index in [1.165, 1.54) is 0 Å². The van der Waals surface area contributed by atoms with E-state index in [1.54, 1.807) is 0 Å². The lowest BCUT2D eigenvalue weighted by Gasteiger charge is -2.35. The van der Waals surface area contributed by atoms with E-state index in [-0.39, 0.29) is 5.54 Å². The summed E-state index contributed by atoms with van der Waals surface area (Å²) in [5.41, 5.74) is 2.01. The van der Waals surface area contributed by atoms with Crippen molar-refractivity contribution < 1.29 is 0 Å². The van der Waals surface area contributed by atoms with Crippen molar-refractivity contribution in [2.45, 2.75) is 25.3 Å². The number of para-hydroxylation sites is 2. The molecule has 2 aromatic rings. The number of hydrogen-bond donors (Lipinski definition) is 2. The van der Waals surface area contributed by atoms with Crippen molar-refractivity contribution in [2.24, 2.45) is 0 Å². The van der Waals surface area contributed by atoms with E-state index >= 15 is 0 Å². The van der Waals surface area contributed by atoms with Gasteiger partial charge in [0, 0.05) is 5.54 Å². The quantitative estimate of drug-likeness (QED) is 0.847. The molecule has 4 nitrogen and oxygen atoms in total. The molecule has 0 saturated carbocycles. The van der Waals surface area contributed by atoms with Crippen molar-refractivity contribution in [3.05, 3.63) is 30.5 Å². The Morgan fingerprint density at radius 3 is 2.67 bits per heavy atom. The Morgan fingerprint density at radius 2 is 1.89 bits per heavy atom. The molecule has 0 unspecified atom stereocenters. The molecule has 2 heterocycles. The fourth-order valence-corrected chi connectivity index (χ4v) is 2.43. The van der Waals surface area contributed by atoms with Crippen LogP contribution in [0.3, 0.4) is 0 Å². The van der Waals surface area contributed by atoms with Crippen LogP contribution in [-0.4, -0.2) is 28.6 Å². The second-order valence-electron chi connectivity index (χ2n) is 5.18. The van der Waals surface area contributed by atoms with Gasteiger partial charge in [-0.3, -0.25) is 4.98 Å². The Kier molecular flexibility index (Phi) is 2.88. The fourth-order valence-electron chi connectivity index (χ4n) is 2.43. The standard InChI is InChI=1S/C14H18N4/c1-14(6-8-15-9-7-14)18-13-10-16-11-4-2-3-5-12(11)17-13/h2-5,10,15H,6-9H2,1H3,(H,17,18). The van der Waals surface area contributed by atoms with Crippen LogP contribution >= 0.6 is 0 Å². The maximum atomic E-state index is 4.62. The lowest BCUT2D eigenvalue weighted by Crippen LogP contribution is -2.45. The molecule has 18 heavy (non-hydrogen) atoms. The SMILES string of the molecule is CC1(Nc2cnc3ccccc3n2)CCNCC1. The first kappa shape index (κ1) is 11.4. The first-order valence-corrected chi connectivity index (χ1v) is 6.46. The van der Waals surface area contributed by atoms with Crippen molar-refractivity contribution in [2.75, 3.05) is 18.4 Å². The van der Waals surface area contributed by atoms with Crippen molar-refractivity contribution in [3.8, 4) is 0 Å². The van der Waals surface area contributed by atoms with Gasteiger partial charge in [-0.1, -0.05) is 12.1 Å². The normalized spacial score (nSPS) is 18.7. The minimum atomic E-state index is 0.127. The van der Waals surface area contributed by atoms with Gasteiger partial charge in [0.25, 0.3) is 0 Å². The third kappa shape index (κ3) is 2.29. The Hall–Kier alpha value is -1.68. The van der Waals surface area contributed by atoms with Crippen molar-refractivity contribution in [1.29, 1.82) is 0 Å². The third-order valence-electron chi connectivity index (χ3n) is 3.59. The van der Waals surface area contributed by atoms with Gasteiger partial charge in [0.1, 0.15) is 5.82 Å². The van der Waals surface area contributed by atoms with Gasteiger partial charge in [-0.2, -0.15) is 0 Å². The molecule has 0 aliphatic carbocycles. The van der Waals surface area contributed by atoms with Crippen LogP contribution in [0.1, 0.15) is 19.8 Å². The van der Waals surface area contributed by atoms with Crippen LogP contribution < -0.4 is 10.6 Å². The summed E-state index contributed by atoms with van der Waals surface area (Å²) in [6, 6.07) is 7.96. The minimum absolute atomic E-state index is 0.127. The van der Waals surface area contributed by atoms with Gasteiger partial charge >= 0.3 is 0 Å². The molecule has 2 N–H and O–H groups in total. The van der Waals surface area contributed by atoms with E-state index in [9.17, 15) is 0 Å². The zero-order chi connectivity index (χ0) is 12.4. The van der Waals surface area contributed by atoms with Crippen molar-refractivity contribution in [1.82, 2.24) is 15.3 Å². The van der Waals surface area contributed by atoms with Crippen LogP contribution in [0.15, 0.2) is 30.5 Å². The molecule has 0 bridgehead atoms. The lowest BCUT2D eigenvalue weighted by atomic mass is 9.91. The highest BCUT2D eigenvalue weighted by atomic mass is 15.1. The van der Waals surface area contributed by atoms with E-state index in [0.29, 0.717) is 0 Å². The molecule has 4 heteroatoms. The Morgan fingerprint density at radius 1 is 1.17 bits per heavy atom. The molecule has 1 aromatic carbocycles. The topological polar surface area (TPSA) is 49.8 Å². The molecule has 1 saturated heterocycles. The lowest BCUT2D eigenvalue weighted by molar-refractivity contribution is 0.364. The highest BCUT2D eigenvalue weighted by molar-refractivity contribution is 5.75. The number of benzene rings is 1. The van der Waals surface area contributed by atoms with Gasteiger partial charge in [-0.15, -0.1) is 0 Å². The number of aromatic nitrogens is 2. The first-order chi connectivity index (χ1) is 8.75. The highest BCUT2D eigenvalue weighted by Crippen LogP contribution is 2.23. The van der Waals surface area contributed by atoms with E-state index in [2.05, 4.69) is 27.5 Å². The van der Waals surface area contributed by atoms with E-state index in [1.807, 2.05) is 30.5 Å². The van der Waals surface area contributed by atoms with Gasteiger partial charge in [0.05, 0.1) is 17.2 Å². The maximum Gasteiger partial charge on any atom is 0.145 e. The van der Waals surface area contributed by atoms with Crippen LogP contribution in [-0.2, 0) is 0 Å². The van der Waals surface area contributed by atoms with Crippen LogP contribution in [0.5, 0.6) is 0 Å². The van der Waals surface area contributed by atoms with Gasteiger partial charge < -0.3 is 10.6 Å². The predicted molar refractivity (Wildman–Crippen MR) is 73.7 cm³/mol. The molecule has 0 atom stereocenters. The Bertz CT molecular complexity index is 546. The number of anilines is 1. The summed E-state index contributed by atoms with van der Waals surface area (Å²) in [6.45, 7) is 4.37. The molecule has 1 fully saturated rings. The molecule has 0 radical (unpaired) electrons. The summed E-state index contributed by atoms with van der Waals surface area (Å²) in [6.07, 6.45) is 4.05. The second-order valence-corrected chi connectivity index (χ2v) is 5.18. The summed E-state index contributed by atoms with van der Waals surface area (Å²) in [7, 11) is 0. The molecule has 1 aromatic heterocycles. The van der Waals surface area contributed by atoms with Crippen LogP contribution in [0.4, 0.5) is 5.82 Å². The summed E-state index contributed by atoms with van der Waals surface area (Å²) >= 11 is 0. The van der Waals surface area contributed by atoms with E-state index in [4.69, 9.17) is 0 Å². The molecular formula is C14H18N4. The third-order valence-corrected chi connectivity index (χ3v) is 3.59. The highest BCUT2D eigenvalue weighted by Gasteiger charge is 2.26. The van der Waals surface area contributed by atoms with Gasteiger partial charge in [0.15, 0.2) is 0 Å². The smallest absolute Gasteiger partial charge is 0.145 e. The summed E-state index contributed by atoms with van der Waals surface area (Å²) < 4.78 is 0. The van der Waals surface area contributed by atoms with Crippen LogP contribution in [0.25, 0.3) is 11.0 Å². The zero-order valence-electron chi connectivity index (χ0n) is 10.6. The molecule has 3 rings (SSSR count). The number of fused-ring (bicyclic) bond motifs is 1. The molecule has 0 spiro atoms. The summed E-state index contributed by atoms with van der Waals surface area (Å²) in [5.74, 6) is 0.873. The van der Waals surface area contributed by atoms with Crippen LogP contribution in [0.2, 0.25) is 0 Å². The maximum absolute atomic E-state index is 4.62. The first-order valence-electron chi connectivity index (χ1n) is 6.46. The molecule has 1 aliphatic heterocycles. The fraction of sp³-hybridized carbons (Fsp3) is 0.429. The molecular weight excluding hydrogens is 224 g/mol. The minimum Gasteiger partial charge on any atom is -0.364 e. The van der Waals surface area contributed by atoms with E-state index < -0.39 is 0 Å². The number of hydrogen-bond acceptors (Lipinski definition) is 4. The zero-order valence-corrected chi connectivity index (χ0v) is 10.6. The number of rotatable bonds is 2. The Labute approximate surface area is 107 Å². The van der Waals surface area contributed by atoms with Gasteiger partial charge in [-0.05, 0) is 45.0 Å². The average molecular weight is 242 g/mol. The molecule has 94 valence electrons. The monoisotopic (exact) mass is 242 g/mol. The Balaban J connectivity index is 1.85. The van der Waals surface area contributed by atoms with Crippen LogP contribution in [0, 0.1) is 0 Å². The summed E-state index contributed by atoms with van der Waals surface area (Å²) in [4.78, 5) is 9.06. The number of nitrogens with one attached hydrogen (secondary N) is 2. The largest absolute Gasteiger partial charge is 0.364 e. The van der Waals surface area contributed by atoms with Gasteiger partial charge in [0.2, 0.25) is 0 Å². The molecule has 0 amide bonds. The van der Waals surface area contributed by atoms with Crippen molar-refractivity contribution >= 4 is 16.9 Å². The predicted octanol–water partition coefficient (Wildman–Crippen LogP) is 2.18. The summed E-state index contributed by atoms with van der Waals surface area (Å²) in [5, 5.41) is 6.92. The number of nitrogens with zero attached hydrogens (tertiary/aromatic N) is 2. The number of piperidine rings is 1. The molecule has 1 aliphatic rings. The van der Waals surface area contributed by atoms with E-state index in [0.717, 1.165) is 42.8 Å². The van der Waals surface area contributed by atoms with Crippen molar-refractivity contribution in [3.63, 3.8) is 0 Å². The van der Waals surface area contributed by atoms with Gasteiger partial charge in [-0.25, -0.2) is 4.98 Å².